The van der Waals surface area contributed by atoms with Gasteiger partial charge in [0, 0.05) is 13.1 Å². The van der Waals surface area contributed by atoms with Crippen LogP contribution in [0.25, 0.3) is 0 Å². The molecule has 6 nitrogen and oxygen atoms in total. The molecule has 0 N–H and O–H groups in total. The number of hydrogen-bond donors (Lipinski definition) is 0. The highest BCUT2D eigenvalue weighted by Gasteiger charge is 2.29. The number of hydrogen-bond acceptors (Lipinski definition) is 6. The van der Waals surface area contributed by atoms with E-state index in [1.54, 1.807) is 6.20 Å². The van der Waals surface area contributed by atoms with E-state index in [-0.39, 0.29) is 11.9 Å². The molecule has 6 heteroatoms. The molecule has 132 valence electrons. The van der Waals surface area contributed by atoms with Gasteiger partial charge in [0.05, 0.1) is 24.9 Å². The van der Waals surface area contributed by atoms with Crippen molar-refractivity contribution in [3.8, 4) is 0 Å². The standard InChI is InChI=1S/C18H26N2O4/c1-12-10-14(11-19-15(12)17(22)23-5)20-8-6-13(7-9-20)16(21)24-18(2,3)4/h10-11,13H,6-9H2,1-5H3. The van der Waals surface area contributed by atoms with E-state index >= 15 is 0 Å². The number of esters is 2. The molecule has 0 saturated carbocycles. The van der Waals surface area contributed by atoms with Gasteiger partial charge in [-0.2, -0.15) is 0 Å². The molecule has 0 atom stereocenters. The molecule has 1 aromatic rings. The third-order valence-corrected chi connectivity index (χ3v) is 4.04. The SMILES string of the molecule is COC(=O)c1ncc(N2CCC(C(=O)OC(C)(C)C)CC2)cc1C. The second-order valence-electron chi connectivity index (χ2n) is 7.15. The Morgan fingerprint density at radius 1 is 1.25 bits per heavy atom. The highest BCUT2D eigenvalue weighted by Crippen LogP contribution is 2.26. The van der Waals surface area contributed by atoms with Gasteiger partial charge in [-0.3, -0.25) is 4.79 Å². The van der Waals surface area contributed by atoms with Crippen molar-refractivity contribution in [1.29, 1.82) is 0 Å². The number of nitrogens with zero attached hydrogens (tertiary/aromatic N) is 2. The first-order valence-corrected chi connectivity index (χ1v) is 8.24. The van der Waals surface area contributed by atoms with Crippen LogP contribution in [-0.2, 0) is 14.3 Å². The van der Waals surface area contributed by atoms with E-state index in [4.69, 9.17) is 9.47 Å². The van der Waals surface area contributed by atoms with E-state index < -0.39 is 11.6 Å². The molecule has 0 aromatic carbocycles. The van der Waals surface area contributed by atoms with Crippen LogP contribution in [0.3, 0.4) is 0 Å². The molecule has 0 spiro atoms. The number of anilines is 1. The number of ether oxygens (including phenoxy) is 2. The summed E-state index contributed by atoms with van der Waals surface area (Å²) in [6, 6.07) is 1.94. The van der Waals surface area contributed by atoms with Crippen LogP contribution in [0.4, 0.5) is 5.69 Å². The van der Waals surface area contributed by atoms with Gasteiger partial charge in [-0.25, -0.2) is 9.78 Å². The Hall–Kier alpha value is -2.11. The molecule has 1 aromatic heterocycles. The summed E-state index contributed by atoms with van der Waals surface area (Å²) in [6.07, 6.45) is 3.20. The summed E-state index contributed by atoms with van der Waals surface area (Å²) in [5.74, 6) is -0.593. The maximum atomic E-state index is 12.2. The van der Waals surface area contributed by atoms with Crippen molar-refractivity contribution in [3.05, 3.63) is 23.5 Å². The topological polar surface area (TPSA) is 68.7 Å². The maximum Gasteiger partial charge on any atom is 0.356 e. The Kier molecular flexibility index (Phi) is 5.47. The Bertz CT molecular complexity index is 614. The molecule has 0 unspecified atom stereocenters. The lowest BCUT2D eigenvalue weighted by Gasteiger charge is -2.33. The Balaban J connectivity index is 1.98. The second kappa shape index (κ2) is 7.20. The van der Waals surface area contributed by atoms with Crippen molar-refractivity contribution in [3.63, 3.8) is 0 Å². The van der Waals surface area contributed by atoms with Crippen molar-refractivity contribution in [2.24, 2.45) is 5.92 Å². The van der Waals surface area contributed by atoms with Gasteiger partial charge in [0.15, 0.2) is 5.69 Å². The van der Waals surface area contributed by atoms with E-state index in [0.717, 1.165) is 37.2 Å². The molecule has 1 aliphatic rings. The third-order valence-electron chi connectivity index (χ3n) is 4.04. The minimum Gasteiger partial charge on any atom is -0.464 e. The number of aryl methyl sites for hydroxylation is 1. The van der Waals surface area contributed by atoms with Crippen molar-refractivity contribution < 1.29 is 19.1 Å². The summed E-state index contributed by atoms with van der Waals surface area (Å²) in [7, 11) is 1.35. The average molecular weight is 334 g/mol. The number of carbonyl (C=O) groups is 2. The Morgan fingerprint density at radius 3 is 2.38 bits per heavy atom. The summed E-state index contributed by atoms with van der Waals surface area (Å²) in [5.41, 5.74) is 1.64. The number of carbonyl (C=O) groups excluding carboxylic acids is 2. The van der Waals surface area contributed by atoms with Gasteiger partial charge in [0.2, 0.25) is 0 Å². The summed E-state index contributed by atoms with van der Waals surface area (Å²) >= 11 is 0. The predicted octanol–water partition coefficient (Wildman–Crippen LogP) is 2.73. The van der Waals surface area contributed by atoms with Gasteiger partial charge in [-0.05, 0) is 52.2 Å². The van der Waals surface area contributed by atoms with Crippen LogP contribution in [0.1, 0.15) is 49.7 Å². The lowest BCUT2D eigenvalue weighted by molar-refractivity contribution is -0.160. The molecule has 0 radical (unpaired) electrons. The molecule has 2 heterocycles. The summed E-state index contributed by atoms with van der Waals surface area (Å²) in [6.45, 7) is 9.04. The van der Waals surface area contributed by atoms with E-state index in [1.165, 1.54) is 7.11 Å². The average Bonchev–Trinajstić information content (AvgIpc) is 2.52. The zero-order valence-corrected chi connectivity index (χ0v) is 15.1. The quantitative estimate of drug-likeness (QED) is 0.792. The van der Waals surface area contributed by atoms with Gasteiger partial charge in [-0.15, -0.1) is 0 Å². The monoisotopic (exact) mass is 334 g/mol. The molecule has 2 rings (SSSR count). The van der Waals surface area contributed by atoms with E-state index in [1.807, 2.05) is 33.8 Å². The molecular formula is C18H26N2O4. The molecule has 0 bridgehead atoms. The first-order chi connectivity index (χ1) is 11.2. The first kappa shape index (κ1) is 18.2. The largest absolute Gasteiger partial charge is 0.464 e. The van der Waals surface area contributed by atoms with Gasteiger partial charge in [0.25, 0.3) is 0 Å². The molecule has 1 saturated heterocycles. The lowest BCUT2D eigenvalue weighted by Crippen LogP contribution is -2.39. The van der Waals surface area contributed by atoms with Gasteiger partial charge >= 0.3 is 11.9 Å². The molecular weight excluding hydrogens is 308 g/mol. The van der Waals surface area contributed by atoms with Crippen LogP contribution in [0.2, 0.25) is 0 Å². The van der Waals surface area contributed by atoms with E-state index in [9.17, 15) is 9.59 Å². The fourth-order valence-electron chi connectivity index (χ4n) is 2.80. The molecule has 0 amide bonds. The highest BCUT2D eigenvalue weighted by atomic mass is 16.6. The van der Waals surface area contributed by atoms with Crippen molar-refractivity contribution in [1.82, 2.24) is 4.98 Å². The molecule has 1 aliphatic heterocycles. The summed E-state index contributed by atoms with van der Waals surface area (Å²) < 4.78 is 10.2. The van der Waals surface area contributed by atoms with Gasteiger partial charge in [-0.1, -0.05) is 0 Å². The first-order valence-electron chi connectivity index (χ1n) is 8.24. The smallest absolute Gasteiger partial charge is 0.356 e. The van der Waals surface area contributed by atoms with E-state index in [0.29, 0.717) is 5.69 Å². The normalized spacial score (nSPS) is 16.0. The third kappa shape index (κ3) is 4.46. The second-order valence-corrected chi connectivity index (χ2v) is 7.15. The minimum absolute atomic E-state index is 0.0520. The van der Waals surface area contributed by atoms with Crippen LogP contribution >= 0.6 is 0 Å². The van der Waals surface area contributed by atoms with Crippen LogP contribution in [-0.4, -0.2) is 42.7 Å². The number of pyridine rings is 1. The van der Waals surface area contributed by atoms with Crippen molar-refractivity contribution in [2.75, 3.05) is 25.1 Å². The van der Waals surface area contributed by atoms with Crippen LogP contribution in [0, 0.1) is 12.8 Å². The van der Waals surface area contributed by atoms with Crippen LogP contribution in [0.5, 0.6) is 0 Å². The van der Waals surface area contributed by atoms with Crippen LogP contribution < -0.4 is 4.90 Å². The summed E-state index contributed by atoms with van der Waals surface area (Å²) in [5, 5.41) is 0. The van der Waals surface area contributed by atoms with Crippen molar-refractivity contribution >= 4 is 17.6 Å². The zero-order valence-electron chi connectivity index (χ0n) is 15.1. The van der Waals surface area contributed by atoms with Gasteiger partial charge in [0.1, 0.15) is 5.60 Å². The number of rotatable bonds is 3. The fourth-order valence-corrected chi connectivity index (χ4v) is 2.80. The maximum absolute atomic E-state index is 12.2. The number of piperidine rings is 1. The Morgan fingerprint density at radius 2 is 1.88 bits per heavy atom. The number of aromatic nitrogens is 1. The van der Waals surface area contributed by atoms with Gasteiger partial charge < -0.3 is 14.4 Å². The number of methoxy groups -OCH3 is 1. The molecule has 0 aliphatic carbocycles. The minimum atomic E-state index is -0.445. The summed E-state index contributed by atoms with van der Waals surface area (Å²) in [4.78, 5) is 30.2. The zero-order chi connectivity index (χ0) is 17.9. The van der Waals surface area contributed by atoms with Crippen LogP contribution in [0.15, 0.2) is 12.3 Å². The lowest BCUT2D eigenvalue weighted by atomic mass is 9.96. The van der Waals surface area contributed by atoms with Crippen molar-refractivity contribution in [2.45, 2.75) is 46.1 Å². The molecule has 24 heavy (non-hydrogen) atoms. The predicted molar refractivity (Wildman–Crippen MR) is 91.1 cm³/mol. The highest BCUT2D eigenvalue weighted by molar-refractivity contribution is 5.89. The van der Waals surface area contributed by atoms with E-state index in [2.05, 4.69) is 9.88 Å². The Labute approximate surface area is 143 Å². The fraction of sp³-hybridized carbons (Fsp3) is 0.611. The molecule has 1 fully saturated rings.